The quantitative estimate of drug-likeness (QED) is 0.802. The maximum atomic E-state index is 13.1. The summed E-state index contributed by atoms with van der Waals surface area (Å²) in [7, 11) is 0. The Bertz CT molecular complexity index is 770. The van der Waals surface area contributed by atoms with Gasteiger partial charge in [-0.15, -0.1) is 0 Å². The standard InChI is InChI=1S/C19H23N3O4/c1-12-9-21(10-13(2)26-12)16(23)11-22-17(24)19(20-18(22)25)8-7-14-5-3-4-6-15(14)19/h3-6,12-13H,7-11H2,1-2H3,(H,20,25)/t12-,13-,19-/m0/s1. The lowest BCUT2D eigenvalue weighted by Gasteiger charge is -2.35. The fourth-order valence-corrected chi connectivity index (χ4v) is 4.35. The number of amides is 4. The monoisotopic (exact) mass is 357 g/mol. The molecule has 1 aromatic rings. The van der Waals surface area contributed by atoms with Gasteiger partial charge in [0.05, 0.1) is 12.2 Å². The van der Waals surface area contributed by atoms with Crippen molar-refractivity contribution in [3.05, 3.63) is 35.4 Å². The van der Waals surface area contributed by atoms with Gasteiger partial charge in [-0.05, 0) is 37.8 Å². The zero-order valence-electron chi connectivity index (χ0n) is 15.0. The normalized spacial score (nSPS) is 30.7. The van der Waals surface area contributed by atoms with E-state index in [0.29, 0.717) is 19.5 Å². The topological polar surface area (TPSA) is 79.0 Å². The number of carbonyl (C=O) groups excluding carboxylic acids is 3. The minimum atomic E-state index is -1.01. The van der Waals surface area contributed by atoms with E-state index in [1.54, 1.807) is 4.90 Å². The Hall–Kier alpha value is -2.41. The van der Waals surface area contributed by atoms with Crippen molar-refractivity contribution in [2.24, 2.45) is 0 Å². The number of aryl methyl sites for hydroxylation is 1. The largest absolute Gasteiger partial charge is 0.372 e. The number of urea groups is 1. The summed E-state index contributed by atoms with van der Waals surface area (Å²) in [5.74, 6) is -0.547. The highest BCUT2D eigenvalue weighted by atomic mass is 16.5. The number of morpholine rings is 1. The summed E-state index contributed by atoms with van der Waals surface area (Å²) in [6, 6.07) is 7.18. The zero-order valence-corrected chi connectivity index (χ0v) is 15.0. The molecule has 2 saturated heterocycles. The molecule has 26 heavy (non-hydrogen) atoms. The van der Waals surface area contributed by atoms with Crippen molar-refractivity contribution in [2.45, 2.75) is 44.4 Å². The van der Waals surface area contributed by atoms with Crippen LogP contribution in [-0.2, 0) is 26.3 Å². The number of imide groups is 1. The van der Waals surface area contributed by atoms with Crippen LogP contribution < -0.4 is 5.32 Å². The number of nitrogens with one attached hydrogen (secondary N) is 1. The van der Waals surface area contributed by atoms with E-state index < -0.39 is 11.6 Å². The van der Waals surface area contributed by atoms with E-state index >= 15 is 0 Å². The number of nitrogens with zero attached hydrogens (tertiary/aromatic N) is 2. The van der Waals surface area contributed by atoms with Gasteiger partial charge in [0.2, 0.25) is 5.91 Å². The highest BCUT2D eigenvalue weighted by Gasteiger charge is 2.55. The molecule has 7 nitrogen and oxygen atoms in total. The van der Waals surface area contributed by atoms with E-state index in [4.69, 9.17) is 4.74 Å². The van der Waals surface area contributed by atoms with Crippen LogP contribution >= 0.6 is 0 Å². The Morgan fingerprint density at radius 1 is 1.23 bits per heavy atom. The zero-order chi connectivity index (χ0) is 18.5. The summed E-state index contributed by atoms with van der Waals surface area (Å²) in [5.41, 5.74) is 0.909. The Morgan fingerprint density at radius 2 is 1.92 bits per heavy atom. The lowest BCUT2D eigenvalue weighted by Crippen LogP contribution is -2.52. The van der Waals surface area contributed by atoms with Crippen LogP contribution in [-0.4, -0.2) is 59.5 Å². The van der Waals surface area contributed by atoms with Gasteiger partial charge in [0.1, 0.15) is 12.1 Å². The van der Waals surface area contributed by atoms with Crippen molar-refractivity contribution < 1.29 is 19.1 Å². The second-order valence-electron chi connectivity index (χ2n) is 7.44. The number of hydrogen-bond donors (Lipinski definition) is 1. The molecule has 138 valence electrons. The number of carbonyl (C=O) groups is 3. The molecule has 0 unspecified atom stereocenters. The number of benzene rings is 1. The summed E-state index contributed by atoms with van der Waals surface area (Å²) >= 11 is 0. The summed E-state index contributed by atoms with van der Waals surface area (Å²) in [5, 5.41) is 2.85. The maximum Gasteiger partial charge on any atom is 0.325 e. The highest BCUT2D eigenvalue weighted by molar-refractivity contribution is 6.09. The molecule has 3 aliphatic rings. The molecule has 1 aliphatic carbocycles. The predicted octanol–water partition coefficient (Wildman–Crippen LogP) is 1.02. The van der Waals surface area contributed by atoms with Crippen LogP contribution in [0.15, 0.2) is 24.3 Å². The summed E-state index contributed by atoms with van der Waals surface area (Å²) in [6.07, 6.45) is 1.16. The fourth-order valence-electron chi connectivity index (χ4n) is 4.35. The Labute approximate surface area is 152 Å². The molecule has 1 aromatic carbocycles. The van der Waals surface area contributed by atoms with Crippen molar-refractivity contribution in [2.75, 3.05) is 19.6 Å². The number of hydrogen-bond acceptors (Lipinski definition) is 4. The van der Waals surface area contributed by atoms with Gasteiger partial charge in [0, 0.05) is 13.1 Å². The second-order valence-corrected chi connectivity index (χ2v) is 7.44. The molecule has 0 radical (unpaired) electrons. The third-order valence-corrected chi connectivity index (χ3v) is 5.49. The minimum Gasteiger partial charge on any atom is -0.372 e. The Kier molecular flexibility index (Phi) is 3.99. The first-order chi connectivity index (χ1) is 12.4. The molecule has 0 bridgehead atoms. The SMILES string of the molecule is C[C@H]1CN(C(=O)CN2C(=O)N[C@]3(CCc4ccccc43)C2=O)C[C@H](C)O1. The van der Waals surface area contributed by atoms with Gasteiger partial charge in [-0.3, -0.25) is 14.5 Å². The van der Waals surface area contributed by atoms with Crippen LogP contribution in [0.1, 0.15) is 31.4 Å². The van der Waals surface area contributed by atoms with Gasteiger partial charge in [-0.1, -0.05) is 24.3 Å². The Balaban J connectivity index is 1.53. The van der Waals surface area contributed by atoms with Crippen LogP contribution in [0.25, 0.3) is 0 Å². The van der Waals surface area contributed by atoms with E-state index in [1.165, 1.54) is 0 Å². The lowest BCUT2D eigenvalue weighted by atomic mass is 9.92. The first-order valence-electron chi connectivity index (χ1n) is 9.06. The smallest absolute Gasteiger partial charge is 0.325 e. The van der Waals surface area contributed by atoms with Gasteiger partial charge in [0.25, 0.3) is 5.91 Å². The molecule has 7 heteroatoms. The lowest BCUT2D eigenvalue weighted by molar-refractivity contribution is -0.146. The van der Waals surface area contributed by atoms with E-state index in [1.807, 2.05) is 38.1 Å². The third-order valence-electron chi connectivity index (χ3n) is 5.49. The van der Waals surface area contributed by atoms with E-state index in [2.05, 4.69) is 5.32 Å². The Morgan fingerprint density at radius 3 is 2.65 bits per heavy atom. The average Bonchev–Trinajstić information content (AvgIpc) is 3.08. The van der Waals surface area contributed by atoms with Crippen LogP contribution in [0.3, 0.4) is 0 Å². The number of rotatable bonds is 2. The summed E-state index contributed by atoms with van der Waals surface area (Å²) < 4.78 is 5.64. The van der Waals surface area contributed by atoms with Gasteiger partial charge < -0.3 is 15.0 Å². The summed E-state index contributed by atoms with van der Waals surface area (Å²) in [4.78, 5) is 41.0. The molecule has 1 N–H and O–H groups in total. The van der Waals surface area contributed by atoms with Gasteiger partial charge in [0.15, 0.2) is 0 Å². The second kappa shape index (κ2) is 6.09. The van der Waals surface area contributed by atoms with E-state index in [0.717, 1.165) is 22.4 Å². The highest BCUT2D eigenvalue weighted by Crippen LogP contribution is 2.41. The van der Waals surface area contributed by atoms with Crippen LogP contribution in [0.2, 0.25) is 0 Å². The van der Waals surface area contributed by atoms with Gasteiger partial charge in [-0.2, -0.15) is 0 Å². The molecule has 3 atom stereocenters. The number of ether oxygens (including phenoxy) is 1. The van der Waals surface area contributed by atoms with Crippen molar-refractivity contribution in [3.63, 3.8) is 0 Å². The van der Waals surface area contributed by atoms with Crippen molar-refractivity contribution >= 4 is 17.8 Å². The van der Waals surface area contributed by atoms with Gasteiger partial charge in [-0.25, -0.2) is 4.79 Å². The van der Waals surface area contributed by atoms with E-state index in [-0.39, 0.29) is 30.6 Å². The molecule has 0 saturated carbocycles. The summed E-state index contributed by atoms with van der Waals surface area (Å²) in [6.45, 7) is 4.54. The third kappa shape index (κ3) is 2.58. The first-order valence-corrected chi connectivity index (χ1v) is 9.06. The number of fused-ring (bicyclic) bond motifs is 2. The minimum absolute atomic E-state index is 0.0566. The van der Waals surface area contributed by atoms with Crippen molar-refractivity contribution in [1.82, 2.24) is 15.1 Å². The molecular formula is C19H23N3O4. The van der Waals surface area contributed by atoms with Crippen LogP contribution in [0, 0.1) is 0 Å². The van der Waals surface area contributed by atoms with Gasteiger partial charge >= 0.3 is 6.03 Å². The van der Waals surface area contributed by atoms with Crippen molar-refractivity contribution in [3.8, 4) is 0 Å². The molecule has 2 heterocycles. The van der Waals surface area contributed by atoms with Crippen LogP contribution in [0.4, 0.5) is 4.79 Å². The predicted molar refractivity (Wildman–Crippen MR) is 93.3 cm³/mol. The molecule has 4 rings (SSSR count). The molecule has 2 aliphatic heterocycles. The molecular weight excluding hydrogens is 334 g/mol. The van der Waals surface area contributed by atoms with Crippen LogP contribution in [0.5, 0.6) is 0 Å². The molecule has 0 aromatic heterocycles. The first kappa shape index (κ1) is 17.0. The van der Waals surface area contributed by atoms with Crippen molar-refractivity contribution in [1.29, 1.82) is 0 Å². The fraction of sp³-hybridized carbons (Fsp3) is 0.526. The maximum absolute atomic E-state index is 13.1. The molecule has 2 fully saturated rings. The van der Waals surface area contributed by atoms with E-state index in [9.17, 15) is 14.4 Å². The molecule has 1 spiro atoms. The molecule has 4 amide bonds. The average molecular weight is 357 g/mol.